The van der Waals surface area contributed by atoms with Crippen LogP contribution in [-0.2, 0) is 14.8 Å². The van der Waals surface area contributed by atoms with Crippen molar-refractivity contribution < 1.29 is 32.3 Å². The first-order valence-corrected chi connectivity index (χ1v) is 11.3. The molecule has 2 rings (SSSR count). The summed E-state index contributed by atoms with van der Waals surface area (Å²) in [5.41, 5.74) is 5.21. The zero-order valence-corrected chi connectivity index (χ0v) is 18.5. The van der Waals surface area contributed by atoms with Crippen LogP contribution in [0.4, 0.5) is 4.79 Å². The van der Waals surface area contributed by atoms with E-state index >= 15 is 0 Å². The number of unbranched alkanes of at least 4 members (excludes halogenated alkanes) is 1. The van der Waals surface area contributed by atoms with Crippen LogP contribution < -0.4 is 25.8 Å². The Morgan fingerprint density at radius 2 is 1.67 bits per heavy atom. The minimum Gasteiger partial charge on any atom is -0.391 e. The Balaban J connectivity index is 2.00. The maximum absolute atomic E-state index is 12.5. The van der Waals surface area contributed by atoms with E-state index < -0.39 is 34.5 Å². The Morgan fingerprint density at radius 3 is 2.24 bits per heavy atom. The molecule has 0 atom stereocenters. The topological polar surface area (TPSA) is 187 Å². The molecule has 0 aliphatic rings. The van der Waals surface area contributed by atoms with Gasteiger partial charge in [-0.1, -0.05) is 13.3 Å². The van der Waals surface area contributed by atoms with Crippen molar-refractivity contribution in [3.8, 4) is 5.88 Å². The van der Waals surface area contributed by atoms with Crippen molar-refractivity contribution in [2.45, 2.75) is 24.7 Å². The molecule has 13 heteroatoms. The van der Waals surface area contributed by atoms with Gasteiger partial charge in [-0.05, 0) is 36.8 Å². The first-order chi connectivity index (χ1) is 15.7. The second kappa shape index (κ2) is 11.7. The molecule has 12 nitrogen and oxygen atoms in total. The maximum atomic E-state index is 12.5. The van der Waals surface area contributed by atoms with Crippen LogP contribution in [0.3, 0.4) is 0 Å². The van der Waals surface area contributed by atoms with E-state index in [-0.39, 0.29) is 27.8 Å². The molecule has 4 amide bonds. The van der Waals surface area contributed by atoms with Gasteiger partial charge >= 0.3 is 6.09 Å². The number of pyridine rings is 1. The molecule has 0 spiro atoms. The molecule has 1 aromatic heterocycles. The number of carbonyl (C=O) groups is 4. The lowest BCUT2D eigenvalue weighted by Crippen LogP contribution is -2.37. The molecular formula is C20H23N5O7S. The Kier molecular flexibility index (Phi) is 9.00. The summed E-state index contributed by atoms with van der Waals surface area (Å²) in [5.74, 6) is -2.29. The molecule has 0 saturated heterocycles. The van der Waals surface area contributed by atoms with Crippen LogP contribution in [0.25, 0.3) is 0 Å². The predicted molar refractivity (Wildman–Crippen MR) is 116 cm³/mol. The van der Waals surface area contributed by atoms with Crippen LogP contribution in [0.5, 0.6) is 5.88 Å². The van der Waals surface area contributed by atoms with Crippen molar-refractivity contribution in [1.82, 2.24) is 20.3 Å². The van der Waals surface area contributed by atoms with E-state index in [1.54, 1.807) is 0 Å². The highest BCUT2D eigenvalue weighted by Crippen LogP contribution is 2.13. The lowest BCUT2D eigenvalue weighted by atomic mass is 10.2. The summed E-state index contributed by atoms with van der Waals surface area (Å²) in [4.78, 5) is 50.3. The van der Waals surface area contributed by atoms with Crippen LogP contribution in [0, 0.1) is 0 Å². The molecule has 2 aromatic rings. The highest BCUT2D eigenvalue weighted by Gasteiger charge is 2.20. The minimum absolute atomic E-state index is 0.128. The summed E-state index contributed by atoms with van der Waals surface area (Å²) in [6, 6.07) is 7.42. The van der Waals surface area contributed by atoms with Crippen LogP contribution in [-0.4, -0.2) is 50.3 Å². The fourth-order valence-electron chi connectivity index (χ4n) is 2.37. The van der Waals surface area contributed by atoms with Crippen molar-refractivity contribution in [1.29, 1.82) is 0 Å². The van der Waals surface area contributed by atoms with Crippen molar-refractivity contribution >= 4 is 33.8 Å². The number of carbonyl (C=O) groups excluding carboxylic acids is 4. The number of aromatic nitrogens is 1. The average Bonchev–Trinajstić information content (AvgIpc) is 2.79. The van der Waals surface area contributed by atoms with Gasteiger partial charge in [-0.25, -0.2) is 22.9 Å². The third kappa shape index (κ3) is 7.66. The van der Waals surface area contributed by atoms with E-state index in [1.165, 1.54) is 30.3 Å². The number of benzene rings is 1. The first-order valence-electron chi connectivity index (χ1n) is 9.79. The normalized spacial score (nSPS) is 10.7. The standard InChI is InChI=1S/C20H23N5O7S/c1-2-3-10-22-18(27)13-4-7-15(8-5-13)33(30,31)25-19(28)14-6-9-17(23-12-14)32-20(29)24-16(26)11-21/h4-9,12H,2-3,10-11,21H2,1H3,(H,22,27)(H,25,28)(H,24,26,29). The van der Waals surface area contributed by atoms with Gasteiger partial charge in [0.15, 0.2) is 0 Å². The molecule has 33 heavy (non-hydrogen) atoms. The SMILES string of the molecule is CCCCNC(=O)c1ccc(S(=O)(=O)NC(=O)c2ccc(OC(=O)NC(=O)CN)nc2)cc1. The zero-order valence-electron chi connectivity index (χ0n) is 17.7. The summed E-state index contributed by atoms with van der Waals surface area (Å²) >= 11 is 0. The Hall–Kier alpha value is -3.84. The van der Waals surface area contributed by atoms with Gasteiger partial charge in [0.2, 0.25) is 11.8 Å². The van der Waals surface area contributed by atoms with E-state index in [2.05, 4.69) is 10.3 Å². The van der Waals surface area contributed by atoms with E-state index in [1.807, 2.05) is 17.0 Å². The summed E-state index contributed by atoms with van der Waals surface area (Å²) in [7, 11) is -4.22. The van der Waals surface area contributed by atoms with Crippen LogP contribution in [0.1, 0.15) is 40.5 Å². The van der Waals surface area contributed by atoms with E-state index in [4.69, 9.17) is 10.5 Å². The zero-order chi connectivity index (χ0) is 24.4. The van der Waals surface area contributed by atoms with Crippen molar-refractivity contribution in [3.05, 3.63) is 53.7 Å². The molecular weight excluding hydrogens is 454 g/mol. The van der Waals surface area contributed by atoms with Crippen LogP contribution in [0.15, 0.2) is 47.5 Å². The van der Waals surface area contributed by atoms with Gasteiger partial charge in [-0.15, -0.1) is 0 Å². The Labute approximate surface area is 190 Å². The molecule has 1 heterocycles. The third-order valence-electron chi connectivity index (χ3n) is 4.09. The molecule has 0 bridgehead atoms. The highest BCUT2D eigenvalue weighted by atomic mass is 32.2. The van der Waals surface area contributed by atoms with Crippen LogP contribution in [0.2, 0.25) is 0 Å². The van der Waals surface area contributed by atoms with Crippen LogP contribution >= 0.6 is 0 Å². The fourth-order valence-corrected chi connectivity index (χ4v) is 3.34. The molecule has 0 unspecified atom stereocenters. The van der Waals surface area contributed by atoms with Crippen molar-refractivity contribution in [3.63, 3.8) is 0 Å². The first kappa shape index (κ1) is 25.4. The number of ether oxygens (including phenoxy) is 1. The highest BCUT2D eigenvalue weighted by molar-refractivity contribution is 7.90. The third-order valence-corrected chi connectivity index (χ3v) is 5.44. The van der Waals surface area contributed by atoms with Gasteiger partial charge in [0.25, 0.3) is 21.8 Å². The minimum atomic E-state index is -4.22. The largest absolute Gasteiger partial charge is 0.420 e. The number of hydrogen-bond donors (Lipinski definition) is 4. The monoisotopic (exact) mass is 477 g/mol. The summed E-state index contributed by atoms with van der Waals surface area (Å²) in [6.07, 6.45) is 1.63. The Bertz CT molecular complexity index is 1120. The molecule has 176 valence electrons. The molecule has 0 radical (unpaired) electrons. The van der Waals surface area contributed by atoms with Gasteiger partial charge in [0.05, 0.1) is 17.0 Å². The summed E-state index contributed by atoms with van der Waals surface area (Å²) in [5, 5.41) is 4.56. The van der Waals surface area contributed by atoms with Gasteiger partial charge in [-0.3, -0.25) is 19.7 Å². The number of hydrogen-bond acceptors (Lipinski definition) is 9. The number of sulfonamides is 1. The lowest BCUT2D eigenvalue weighted by molar-refractivity contribution is -0.118. The molecule has 0 aliphatic carbocycles. The predicted octanol–water partition coefficient (Wildman–Crippen LogP) is 0.304. The smallest absolute Gasteiger partial charge is 0.391 e. The summed E-state index contributed by atoms with van der Waals surface area (Å²) in [6.45, 7) is 2.09. The molecule has 0 fully saturated rings. The number of imide groups is 1. The molecule has 5 N–H and O–H groups in total. The maximum Gasteiger partial charge on any atom is 0.420 e. The number of nitrogens with one attached hydrogen (secondary N) is 3. The molecule has 0 aliphatic heterocycles. The number of nitrogens with two attached hydrogens (primary N) is 1. The van der Waals surface area contributed by atoms with E-state index in [9.17, 15) is 27.6 Å². The molecule has 1 aromatic carbocycles. The number of rotatable bonds is 9. The fraction of sp³-hybridized carbons (Fsp3) is 0.250. The lowest BCUT2D eigenvalue weighted by Gasteiger charge is -2.09. The molecule has 0 saturated carbocycles. The van der Waals surface area contributed by atoms with E-state index in [0.29, 0.717) is 6.54 Å². The number of nitrogens with zero attached hydrogens (tertiary/aromatic N) is 1. The van der Waals surface area contributed by atoms with Gasteiger partial charge < -0.3 is 15.8 Å². The number of amides is 4. The second-order valence-electron chi connectivity index (χ2n) is 6.60. The average molecular weight is 477 g/mol. The van der Waals surface area contributed by atoms with E-state index in [0.717, 1.165) is 25.1 Å². The van der Waals surface area contributed by atoms with Gasteiger partial charge in [0.1, 0.15) is 0 Å². The summed E-state index contributed by atoms with van der Waals surface area (Å²) < 4.78 is 31.6. The quantitative estimate of drug-likeness (QED) is 0.368. The van der Waals surface area contributed by atoms with Crippen molar-refractivity contribution in [2.75, 3.05) is 13.1 Å². The van der Waals surface area contributed by atoms with Crippen molar-refractivity contribution in [2.24, 2.45) is 5.73 Å². The second-order valence-corrected chi connectivity index (χ2v) is 8.28. The Morgan fingerprint density at radius 1 is 1.00 bits per heavy atom. The van der Waals surface area contributed by atoms with Gasteiger partial charge in [-0.2, -0.15) is 0 Å². The van der Waals surface area contributed by atoms with Gasteiger partial charge in [0, 0.05) is 24.4 Å².